The van der Waals surface area contributed by atoms with Crippen molar-refractivity contribution in [2.45, 2.75) is 13.8 Å². The number of rotatable bonds is 12. The summed E-state index contributed by atoms with van der Waals surface area (Å²) in [5.41, 5.74) is 25.0. The summed E-state index contributed by atoms with van der Waals surface area (Å²) in [6.45, 7) is 16.1. The third kappa shape index (κ3) is 19.3. The Hall–Kier alpha value is -7.18. The fourth-order valence-corrected chi connectivity index (χ4v) is 2.89. The maximum Gasteiger partial charge on any atom is 0.350 e. The number of carbonyl (C=O) groups excluding carboxylic acids is 4. The normalized spacial score (nSPS) is 9.06. The second-order valence-electron chi connectivity index (χ2n) is 8.77. The number of hydrogen-bond donors (Lipinski definition) is 2. The van der Waals surface area contributed by atoms with E-state index in [2.05, 4.69) is 83.6 Å². The second-order valence-corrected chi connectivity index (χ2v) is 8.77. The van der Waals surface area contributed by atoms with E-state index in [4.69, 9.17) is 29.2 Å². The van der Waals surface area contributed by atoms with Crippen LogP contribution in [0.3, 0.4) is 0 Å². The van der Waals surface area contributed by atoms with E-state index >= 15 is 0 Å². The molecule has 0 heterocycles. The Morgan fingerprint density at radius 1 is 0.627 bits per heavy atom. The third-order valence-corrected chi connectivity index (χ3v) is 4.89. The number of esters is 2. The van der Waals surface area contributed by atoms with E-state index in [1.54, 1.807) is 24.3 Å². The summed E-state index contributed by atoms with van der Waals surface area (Å²) in [6.07, 6.45) is 4.35. The number of ether oxygens (including phenoxy) is 4. The van der Waals surface area contributed by atoms with Crippen LogP contribution in [0.1, 0.15) is 25.0 Å². The Morgan fingerprint density at radius 3 is 1.24 bits per heavy atom. The van der Waals surface area contributed by atoms with E-state index in [0.717, 1.165) is 12.2 Å². The maximum atomic E-state index is 11.3. The summed E-state index contributed by atoms with van der Waals surface area (Å²) >= 11 is 0. The Kier molecular flexibility index (Phi) is 21.4. The van der Waals surface area contributed by atoms with E-state index < -0.39 is 11.9 Å². The van der Waals surface area contributed by atoms with Crippen LogP contribution < -0.4 is 9.47 Å². The van der Waals surface area contributed by atoms with Crippen LogP contribution in [0, 0.1) is 0 Å². The summed E-state index contributed by atoms with van der Waals surface area (Å²) < 4.78 is 20.5. The molecule has 0 unspecified atom stereocenters. The Morgan fingerprint density at radius 2 is 0.961 bits per heavy atom. The van der Waals surface area contributed by atoms with Gasteiger partial charge in [0.05, 0.1) is 34.8 Å². The molecule has 2 aromatic carbocycles. The van der Waals surface area contributed by atoms with Gasteiger partial charge in [0.15, 0.2) is 0 Å². The summed E-state index contributed by atoms with van der Waals surface area (Å²) in [7, 11) is 0. The standard InChI is InChI=1S/2C20H14O5.Pd/c2*1-4-6-7-8-9-20(25-19(23)5-2)24-17-12-10-16(11-13-17)18(22)14-15(3)21;/h2*5,10-14,21H,1-2H2,3H3;/p+2/b2*15-14-;. The van der Waals surface area contributed by atoms with E-state index in [-0.39, 0.29) is 55.4 Å². The van der Waals surface area contributed by atoms with Gasteiger partial charge in [0.2, 0.25) is 0 Å². The molecule has 10 nitrogen and oxygen atoms in total. The van der Waals surface area contributed by atoms with E-state index in [1.165, 1.54) is 50.3 Å². The van der Waals surface area contributed by atoms with Crippen molar-refractivity contribution in [1.29, 1.82) is 0 Å². The number of hydrogen-bond acceptors (Lipinski definition) is 8. The van der Waals surface area contributed by atoms with Crippen molar-refractivity contribution >= 4 is 23.5 Å². The van der Waals surface area contributed by atoms with Crippen molar-refractivity contribution in [3.05, 3.63) is 191 Å². The molecule has 0 radical (unpaired) electrons. The molecule has 0 aromatic heterocycles. The van der Waals surface area contributed by atoms with Gasteiger partial charge < -0.3 is 29.2 Å². The first kappa shape index (κ1) is 43.8. The number of carbonyl (C=O) groups is 2. The van der Waals surface area contributed by atoms with Crippen LogP contribution in [0.2, 0.25) is 0 Å². The van der Waals surface area contributed by atoms with Crippen molar-refractivity contribution in [2.24, 2.45) is 0 Å². The van der Waals surface area contributed by atoms with Gasteiger partial charge in [0.25, 0.3) is 0 Å². The molecule has 0 atom stereocenters. The Bertz CT molecular complexity index is 1960. The van der Waals surface area contributed by atoms with Crippen molar-refractivity contribution in [2.75, 3.05) is 0 Å². The predicted molar refractivity (Wildman–Crippen MR) is 185 cm³/mol. The molecule has 11 heteroatoms. The molecule has 0 aliphatic carbocycles. The zero-order valence-corrected chi connectivity index (χ0v) is 28.9. The van der Waals surface area contributed by atoms with Crippen LogP contribution in [0.25, 0.3) is 0 Å². The number of benzene rings is 2. The summed E-state index contributed by atoms with van der Waals surface area (Å²) in [4.78, 5) is 42.2. The van der Waals surface area contributed by atoms with E-state index in [9.17, 15) is 19.2 Å². The minimum Gasteiger partial charge on any atom is -0.512 e. The molecule has 0 aliphatic rings. The SMILES string of the molecule is C=C=C=C=C=C=C(OC(=O)C=C)Oc1ccc(C(=[OH+])/C=C(/C)O)cc1.C=C=C=C=C=C=C(OC(=O)C=C)Oc1ccc(C(=[OH+])/C=C(/C)O)cc1.[Pd]. The number of aliphatic hydroxyl groups excluding tert-OH is 2. The molecular formula is C40H30O10Pd+2. The first-order valence-electron chi connectivity index (χ1n) is 13.8. The van der Waals surface area contributed by atoms with Gasteiger partial charge in [0, 0.05) is 44.0 Å². The van der Waals surface area contributed by atoms with Crippen LogP contribution in [-0.2, 0) is 39.5 Å². The minimum atomic E-state index is -0.737. The van der Waals surface area contributed by atoms with Crippen LogP contribution in [0.4, 0.5) is 0 Å². The quantitative estimate of drug-likeness (QED) is 0.0455. The number of ketones is 2. The zero-order valence-electron chi connectivity index (χ0n) is 27.3. The molecule has 0 amide bonds. The van der Waals surface area contributed by atoms with Crippen molar-refractivity contribution in [1.82, 2.24) is 0 Å². The van der Waals surface area contributed by atoms with Crippen molar-refractivity contribution in [3.8, 4) is 11.5 Å². The molecular weight excluding hydrogens is 747 g/mol. The summed E-state index contributed by atoms with van der Waals surface area (Å²) in [5.74, 6) is -1.69. The molecule has 0 spiro atoms. The molecule has 0 saturated heterocycles. The van der Waals surface area contributed by atoms with Crippen LogP contribution >= 0.6 is 0 Å². The molecule has 2 aromatic rings. The zero-order chi connectivity index (χ0) is 37.3. The van der Waals surface area contributed by atoms with Crippen molar-refractivity contribution in [3.63, 3.8) is 0 Å². The average molecular weight is 777 g/mol. The summed E-state index contributed by atoms with van der Waals surface area (Å²) in [6, 6.07) is 12.3. The first-order chi connectivity index (χ1) is 23.9. The first-order valence-corrected chi connectivity index (χ1v) is 13.8. The fourth-order valence-electron chi connectivity index (χ4n) is 2.89. The average Bonchev–Trinajstić information content (AvgIpc) is 3.08. The Balaban J connectivity index is 0.000000962. The largest absolute Gasteiger partial charge is 0.512 e. The van der Waals surface area contributed by atoms with E-state index in [0.29, 0.717) is 22.6 Å². The van der Waals surface area contributed by atoms with Crippen LogP contribution in [0.15, 0.2) is 180 Å². The van der Waals surface area contributed by atoms with E-state index in [1.807, 2.05) is 0 Å². The number of aliphatic hydroxyl groups is 2. The van der Waals surface area contributed by atoms with Gasteiger partial charge in [-0.25, -0.2) is 9.59 Å². The van der Waals surface area contributed by atoms with Gasteiger partial charge in [-0.15, -0.1) is 0 Å². The monoisotopic (exact) mass is 776 g/mol. The Labute approximate surface area is 307 Å². The third-order valence-electron chi connectivity index (χ3n) is 4.89. The second kappa shape index (κ2) is 24.9. The number of allylic oxidation sites excluding steroid dienone is 4. The van der Waals surface area contributed by atoms with Gasteiger partial charge in [-0.3, -0.25) is 9.59 Å². The molecule has 0 aliphatic heterocycles. The van der Waals surface area contributed by atoms with Gasteiger partial charge in [0.1, 0.15) is 11.5 Å². The summed E-state index contributed by atoms with van der Waals surface area (Å²) in [5, 5.41) is 18.3. The smallest absolute Gasteiger partial charge is 0.350 e. The van der Waals surface area contributed by atoms with Gasteiger partial charge in [-0.2, -0.15) is 0 Å². The molecule has 4 N–H and O–H groups in total. The molecule has 0 bridgehead atoms. The van der Waals surface area contributed by atoms with Crippen LogP contribution in [-0.4, -0.2) is 43.3 Å². The fraction of sp³-hybridized carbons (Fsp3) is 0.0500. The van der Waals surface area contributed by atoms with Crippen LogP contribution in [0.5, 0.6) is 11.5 Å². The van der Waals surface area contributed by atoms with Gasteiger partial charge >= 0.3 is 35.4 Å². The van der Waals surface area contributed by atoms with Gasteiger partial charge in [-0.05, 0) is 110 Å². The van der Waals surface area contributed by atoms with Crippen molar-refractivity contribution < 1.29 is 68.8 Å². The molecule has 0 saturated carbocycles. The molecule has 258 valence electrons. The molecule has 0 fully saturated rings. The minimum absolute atomic E-state index is 0. The predicted octanol–water partition coefficient (Wildman–Crippen LogP) is 6.79. The topological polar surface area (TPSA) is 154 Å². The molecule has 51 heavy (non-hydrogen) atoms. The maximum absolute atomic E-state index is 11.3. The molecule has 2 rings (SSSR count). The van der Waals surface area contributed by atoms with Gasteiger partial charge in [-0.1, -0.05) is 24.6 Å².